The van der Waals surface area contributed by atoms with E-state index in [1.807, 2.05) is 11.3 Å². The predicted octanol–water partition coefficient (Wildman–Crippen LogP) is 3.92. The highest BCUT2D eigenvalue weighted by Crippen LogP contribution is 2.35. The van der Waals surface area contributed by atoms with E-state index in [0.29, 0.717) is 12.0 Å². The van der Waals surface area contributed by atoms with Gasteiger partial charge in [0.1, 0.15) is 0 Å². The zero-order valence-electron chi connectivity index (χ0n) is 13.0. The standard InChI is InChI=1S/C16H23N3S2/c1-10(2)17-8-12-5-4-6-14-16(12)19-15(21-14)7-13-9-20-11(3)18-13/h9-10,12,17H,4-8H2,1-3H3. The Labute approximate surface area is 134 Å². The molecule has 1 aliphatic rings. The molecule has 0 spiro atoms. The summed E-state index contributed by atoms with van der Waals surface area (Å²) >= 11 is 3.63. The van der Waals surface area contributed by atoms with Crippen LogP contribution in [0.4, 0.5) is 0 Å². The minimum atomic E-state index is 0.548. The van der Waals surface area contributed by atoms with E-state index < -0.39 is 0 Å². The molecule has 1 atom stereocenters. The Morgan fingerprint density at radius 1 is 1.38 bits per heavy atom. The molecule has 0 fully saturated rings. The van der Waals surface area contributed by atoms with Crippen molar-refractivity contribution in [1.29, 1.82) is 0 Å². The van der Waals surface area contributed by atoms with Gasteiger partial charge in [-0.15, -0.1) is 22.7 Å². The zero-order valence-corrected chi connectivity index (χ0v) is 14.6. The first-order valence-corrected chi connectivity index (χ1v) is 9.44. The van der Waals surface area contributed by atoms with E-state index in [1.54, 1.807) is 11.3 Å². The fourth-order valence-corrected chi connectivity index (χ4v) is 4.68. The lowest BCUT2D eigenvalue weighted by Crippen LogP contribution is -2.29. The average Bonchev–Trinajstić information content (AvgIpc) is 3.02. The van der Waals surface area contributed by atoms with Gasteiger partial charge in [0.05, 0.1) is 21.4 Å². The first-order chi connectivity index (χ1) is 10.1. The van der Waals surface area contributed by atoms with E-state index in [2.05, 4.69) is 36.5 Å². The SMILES string of the molecule is Cc1nc(Cc2nc3c(s2)CCCC3CNC(C)C)cs1. The minimum Gasteiger partial charge on any atom is -0.314 e. The quantitative estimate of drug-likeness (QED) is 0.907. The second-order valence-corrected chi connectivity index (χ2v) is 8.33. The Morgan fingerprint density at radius 3 is 2.95 bits per heavy atom. The lowest BCUT2D eigenvalue weighted by atomic mass is 9.91. The molecule has 3 nitrogen and oxygen atoms in total. The van der Waals surface area contributed by atoms with Crippen LogP contribution in [0, 0.1) is 6.92 Å². The summed E-state index contributed by atoms with van der Waals surface area (Å²) in [6, 6.07) is 0.548. The van der Waals surface area contributed by atoms with Crippen LogP contribution < -0.4 is 5.32 Å². The highest BCUT2D eigenvalue weighted by molar-refractivity contribution is 7.11. The van der Waals surface area contributed by atoms with Crippen molar-refractivity contribution in [1.82, 2.24) is 15.3 Å². The summed E-state index contributed by atoms with van der Waals surface area (Å²) in [4.78, 5) is 11.0. The molecule has 1 unspecified atom stereocenters. The van der Waals surface area contributed by atoms with Crippen LogP contribution in [0.15, 0.2) is 5.38 Å². The van der Waals surface area contributed by atoms with Gasteiger partial charge in [0.2, 0.25) is 0 Å². The normalized spacial score (nSPS) is 18.2. The van der Waals surface area contributed by atoms with Crippen molar-refractivity contribution in [3.8, 4) is 0 Å². The van der Waals surface area contributed by atoms with Crippen LogP contribution in [0.5, 0.6) is 0 Å². The first kappa shape index (κ1) is 15.1. The fraction of sp³-hybridized carbons (Fsp3) is 0.625. The monoisotopic (exact) mass is 321 g/mol. The zero-order chi connectivity index (χ0) is 14.8. The molecule has 2 heterocycles. The van der Waals surface area contributed by atoms with E-state index in [1.165, 1.54) is 40.5 Å². The molecule has 0 radical (unpaired) electrons. The number of rotatable bonds is 5. The van der Waals surface area contributed by atoms with Crippen molar-refractivity contribution in [3.63, 3.8) is 0 Å². The lowest BCUT2D eigenvalue weighted by Gasteiger charge is -2.22. The largest absolute Gasteiger partial charge is 0.314 e. The van der Waals surface area contributed by atoms with Crippen LogP contribution in [0.2, 0.25) is 0 Å². The number of fused-ring (bicyclic) bond motifs is 1. The van der Waals surface area contributed by atoms with Crippen molar-refractivity contribution >= 4 is 22.7 Å². The van der Waals surface area contributed by atoms with Crippen molar-refractivity contribution in [2.24, 2.45) is 0 Å². The van der Waals surface area contributed by atoms with Crippen LogP contribution in [0.3, 0.4) is 0 Å². The molecule has 0 bridgehead atoms. The van der Waals surface area contributed by atoms with Gasteiger partial charge in [-0.1, -0.05) is 13.8 Å². The van der Waals surface area contributed by atoms with Crippen molar-refractivity contribution in [2.75, 3.05) is 6.54 Å². The van der Waals surface area contributed by atoms with E-state index >= 15 is 0 Å². The molecule has 0 amide bonds. The molecule has 2 aromatic rings. The van der Waals surface area contributed by atoms with E-state index in [4.69, 9.17) is 4.98 Å². The number of thiazole rings is 2. The second-order valence-electron chi connectivity index (χ2n) is 6.10. The van der Waals surface area contributed by atoms with E-state index in [0.717, 1.165) is 18.0 Å². The Bertz CT molecular complexity index is 600. The molecule has 0 saturated heterocycles. The van der Waals surface area contributed by atoms with Gasteiger partial charge in [0.15, 0.2) is 0 Å². The fourth-order valence-electron chi connectivity index (χ4n) is 2.85. The van der Waals surface area contributed by atoms with Gasteiger partial charge in [0.25, 0.3) is 0 Å². The third-order valence-electron chi connectivity index (χ3n) is 3.89. The van der Waals surface area contributed by atoms with Gasteiger partial charge >= 0.3 is 0 Å². The number of aromatic nitrogens is 2. The molecule has 21 heavy (non-hydrogen) atoms. The summed E-state index contributed by atoms with van der Waals surface area (Å²) in [5.74, 6) is 0.596. The van der Waals surface area contributed by atoms with Gasteiger partial charge in [-0.3, -0.25) is 0 Å². The smallest absolute Gasteiger partial charge is 0.0991 e. The van der Waals surface area contributed by atoms with Crippen molar-refractivity contribution in [3.05, 3.63) is 31.7 Å². The third kappa shape index (κ3) is 3.71. The predicted molar refractivity (Wildman–Crippen MR) is 90.6 cm³/mol. The van der Waals surface area contributed by atoms with Gasteiger partial charge in [-0.2, -0.15) is 0 Å². The topological polar surface area (TPSA) is 37.8 Å². The maximum atomic E-state index is 4.96. The van der Waals surface area contributed by atoms with E-state index in [9.17, 15) is 0 Å². The average molecular weight is 322 g/mol. The van der Waals surface area contributed by atoms with Crippen LogP contribution in [-0.4, -0.2) is 22.6 Å². The Hall–Kier alpha value is -0.780. The number of hydrogen-bond acceptors (Lipinski definition) is 5. The maximum Gasteiger partial charge on any atom is 0.0991 e. The lowest BCUT2D eigenvalue weighted by molar-refractivity contribution is 0.474. The molecule has 0 saturated carbocycles. The third-order valence-corrected chi connectivity index (χ3v) is 5.84. The molecule has 2 aromatic heterocycles. The maximum absolute atomic E-state index is 4.96. The number of nitrogens with one attached hydrogen (secondary N) is 1. The molecule has 1 N–H and O–H groups in total. The summed E-state index contributed by atoms with van der Waals surface area (Å²) < 4.78 is 0. The van der Waals surface area contributed by atoms with Gasteiger partial charge < -0.3 is 5.32 Å². The number of aryl methyl sites for hydroxylation is 2. The van der Waals surface area contributed by atoms with Crippen molar-refractivity contribution in [2.45, 2.75) is 58.4 Å². The summed E-state index contributed by atoms with van der Waals surface area (Å²) in [5.41, 5.74) is 2.53. The molecule has 3 rings (SSSR count). The van der Waals surface area contributed by atoms with Gasteiger partial charge in [-0.05, 0) is 26.2 Å². The summed E-state index contributed by atoms with van der Waals surface area (Å²) in [5, 5.41) is 8.11. The number of nitrogens with zero attached hydrogens (tertiary/aromatic N) is 2. The summed E-state index contributed by atoms with van der Waals surface area (Å²) in [6.45, 7) is 7.54. The van der Waals surface area contributed by atoms with Gasteiger partial charge in [-0.25, -0.2) is 9.97 Å². The first-order valence-electron chi connectivity index (χ1n) is 7.74. The minimum absolute atomic E-state index is 0.548. The van der Waals surface area contributed by atoms with Crippen LogP contribution in [-0.2, 0) is 12.8 Å². The molecule has 5 heteroatoms. The molecular weight excluding hydrogens is 298 g/mol. The molecule has 1 aliphatic carbocycles. The second kappa shape index (κ2) is 6.55. The Kier molecular flexibility index (Phi) is 4.72. The van der Waals surface area contributed by atoms with Crippen molar-refractivity contribution < 1.29 is 0 Å². The molecule has 114 valence electrons. The van der Waals surface area contributed by atoms with Crippen LogP contribution in [0.25, 0.3) is 0 Å². The number of hydrogen-bond donors (Lipinski definition) is 1. The highest BCUT2D eigenvalue weighted by Gasteiger charge is 2.24. The molecule has 0 aromatic carbocycles. The highest BCUT2D eigenvalue weighted by atomic mass is 32.1. The van der Waals surface area contributed by atoms with Crippen LogP contribution >= 0.6 is 22.7 Å². The van der Waals surface area contributed by atoms with Gasteiger partial charge in [0, 0.05) is 35.2 Å². The Morgan fingerprint density at radius 2 is 2.24 bits per heavy atom. The van der Waals surface area contributed by atoms with Crippen LogP contribution in [0.1, 0.15) is 58.9 Å². The summed E-state index contributed by atoms with van der Waals surface area (Å²) in [6.07, 6.45) is 4.67. The molecule has 0 aliphatic heterocycles. The molecular formula is C16H23N3S2. The van der Waals surface area contributed by atoms with E-state index in [-0.39, 0.29) is 0 Å². The Balaban J connectivity index is 1.74. The summed E-state index contributed by atoms with van der Waals surface area (Å²) in [7, 11) is 0.